The summed E-state index contributed by atoms with van der Waals surface area (Å²) in [6.07, 6.45) is 5.88. The second kappa shape index (κ2) is 12.2. The predicted molar refractivity (Wildman–Crippen MR) is 153 cm³/mol. The topological polar surface area (TPSA) is 139 Å². The number of nitrogens with zero attached hydrogens (tertiary/aromatic N) is 4. The lowest BCUT2D eigenvalue weighted by Crippen LogP contribution is -2.47. The molecule has 1 aliphatic carbocycles. The summed E-state index contributed by atoms with van der Waals surface area (Å²) >= 11 is 0. The number of furan rings is 1. The first-order chi connectivity index (χ1) is 19.8. The van der Waals surface area contributed by atoms with Crippen LogP contribution in [0, 0.1) is 0 Å². The van der Waals surface area contributed by atoms with Gasteiger partial charge in [-0.3, -0.25) is 14.5 Å². The lowest BCUT2D eigenvalue weighted by molar-refractivity contribution is -0.127. The Labute approximate surface area is 238 Å². The highest BCUT2D eigenvalue weighted by atomic mass is 32.2. The van der Waals surface area contributed by atoms with E-state index in [1.807, 2.05) is 25.1 Å². The number of carbonyl (C=O) groups is 2. The Balaban J connectivity index is 1.53. The normalized spacial score (nSPS) is 15.6. The van der Waals surface area contributed by atoms with Crippen molar-refractivity contribution in [3.8, 4) is 0 Å². The fourth-order valence-electron chi connectivity index (χ4n) is 5.05. The van der Waals surface area contributed by atoms with E-state index in [1.54, 1.807) is 25.1 Å². The molecule has 2 heterocycles. The van der Waals surface area contributed by atoms with Crippen LogP contribution in [0.15, 0.2) is 76.2 Å². The van der Waals surface area contributed by atoms with Crippen LogP contribution in [0.5, 0.6) is 0 Å². The Hall–Kier alpha value is -4.03. The maximum Gasteiger partial charge on any atom is 0.251 e. The predicted octanol–water partition coefficient (Wildman–Crippen LogP) is 3.93. The number of benzene rings is 2. The summed E-state index contributed by atoms with van der Waals surface area (Å²) in [6.45, 7) is 3.48. The number of hydrogen-bond donors (Lipinski definition) is 2. The molecule has 2 amide bonds. The van der Waals surface area contributed by atoms with E-state index >= 15 is 0 Å². The summed E-state index contributed by atoms with van der Waals surface area (Å²) in [5.74, 6) is -0.539. The first-order valence-corrected chi connectivity index (χ1v) is 15.3. The molecule has 1 fully saturated rings. The zero-order valence-corrected chi connectivity index (χ0v) is 23.9. The van der Waals surface area contributed by atoms with Crippen LogP contribution < -0.4 is 14.9 Å². The molecule has 2 aromatic heterocycles. The Morgan fingerprint density at radius 1 is 1.07 bits per heavy atom. The SMILES string of the molecule is CC[C@@H](C)NS(=O)(=O)c1ccc(N(C(=O)Cn2nnc3ccccc32)[C@H](C(=O)NC2CCCC2)c2ccco2)cc1. The second-order valence-electron chi connectivity index (χ2n) is 10.3. The van der Waals surface area contributed by atoms with Gasteiger partial charge >= 0.3 is 0 Å². The number of amides is 2. The van der Waals surface area contributed by atoms with Gasteiger partial charge in [-0.1, -0.05) is 37.1 Å². The zero-order chi connectivity index (χ0) is 29.0. The van der Waals surface area contributed by atoms with Crippen molar-refractivity contribution in [3.63, 3.8) is 0 Å². The van der Waals surface area contributed by atoms with Crippen LogP contribution in [-0.4, -0.2) is 47.3 Å². The molecule has 41 heavy (non-hydrogen) atoms. The average molecular weight is 579 g/mol. The summed E-state index contributed by atoms with van der Waals surface area (Å²) < 4.78 is 35.6. The molecule has 2 aromatic carbocycles. The molecule has 4 aromatic rings. The first-order valence-electron chi connectivity index (χ1n) is 13.8. The van der Waals surface area contributed by atoms with Gasteiger partial charge in [0.25, 0.3) is 5.91 Å². The highest BCUT2D eigenvalue weighted by Crippen LogP contribution is 2.31. The Morgan fingerprint density at radius 3 is 2.49 bits per heavy atom. The highest BCUT2D eigenvalue weighted by Gasteiger charge is 2.36. The molecule has 2 atom stereocenters. The van der Waals surface area contributed by atoms with Crippen molar-refractivity contribution < 1.29 is 22.4 Å². The van der Waals surface area contributed by atoms with Gasteiger partial charge in [-0.2, -0.15) is 0 Å². The number of aromatic nitrogens is 3. The molecule has 0 saturated heterocycles. The smallest absolute Gasteiger partial charge is 0.251 e. The standard InChI is InChI=1S/C29H34N6O5S/c1-3-20(2)32-41(38,39)23-16-14-22(15-17-23)35(27(36)19-34-25-12-7-6-11-24(25)31-33-34)28(26-13-8-18-40-26)29(37)30-21-9-4-5-10-21/h6-8,11-18,20-21,28,32H,3-5,9-10,19H2,1-2H3,(H,30,37)/t20-,28+/m1/s1. The molecule has 0 aliphatic heterocycles. The monoisotopic (exact) mass is 578 g/mol. The van der Waals surface area contributed by atoms with Crippen LogP contribution >= 0.6 is 0 Å². The third-order valence-electron chi connectivity index (χ3n) is 7.39. The average Bonchev–Trinajstić information content (AvgIpc) is 3.75. The quantitative estimate of drug-likeness (QED) is 0.275. The summed E-state index contributed by atoms with van der Waals surface area (Å²) in [6, 6.07) is 15.2. The van der Waals surface area contributed by atoms with Crippen LogP contribution in [0.3, 0.4) is 0 Å². The zero-order valence-electron chi connectivity index (χ0n) is 23.1. The number of fused-ring (bicyclic) bond motifs is 1. The third-order valence-corrected chi connectivity index (χ3v) is 8.99. The van der Waals surface area contributed by atoms with Crippen molar-refractivity contribution in [1.29, 1.82) is 0 Å². The minimum Gasteiger partial charge on any atom is -0.467 e. The molecule has 2 N–H and O–H groups in total. The van der Waals surface area contributed by atoms with Crippen LogP contribution in [-0.2, 0) is 26.2 Å². The fourth-order valence-corrected chi connectivity index (χ4v) is 6.38. The summed E-state index contributed by atoms with van der Waals surface area (Å²) in [4.78, 5) is 29.3. The highest BCUT2D eigenvalue weighted by molar-refractivity contribution is 7.89. The van der Waals surface area contributed by atoms with Crippen LogP contribution in [0.1, 0.15) is 57.8 Å². The Morgan fingerprint density at radius 2 is 1.80 bits per heavy atom. The molecular formula is C29H34N6O5S. The van der Waals surface area contributed by atoms with Crippen molar-refractivity contribution >= 4 is 38.6 Å². The summed E-state index contributed by atoms with van der Waals surface area (Å²) in [5, 5.41) is 11.4. The largest absolute Gasteiger partial charge is 0.467 e. The van der Waals surface area contributed by atoms with Gasteiger partial charge in [-0.05, 0) is 74.7 Å². The van der Waals surface area contributed by atoms with Crippen molar-refractivity contribution in [3.05, 3.63) is 72.7 Å². The number of hydrogen-bond acceptors (Lipinski definition) is 7. The van der Waals surface area contributed by atoms with E-state index in [-0.39, 0.29) is 35.2 Å². The molecule has 0 unspecified atom stereocenters. The van der Waals surface area contributed by atoms with Gasteiger partial charge in [0.05, 0.1) is 16.7 Å². The maximum atomic E-state index is 14.1. The van der Waals surface area contributed by atoms with Crippen molar-refractivity contribution in [1.82, 2.24) is 25.0 Å². The molecule has 216 valence electrons. The molecule has 0 radical (unpaired) electrons. The first kappa shape index (κ1) is 28.5. The number of anilines is 1. The molecular weight excluding hydrogens is 544 g/mol. The van der Waals surface area contributed by atoms with Gasteiger partial charge in [0.1, 0.15) is 17.8 Å². The minimum absolute atomic E-state index is 0.00956. The van der Waals surface area contributed by atoms with E-state index in [9.17, 15) is 18.0 Å². The van der Waals surface area contributed by atoms with E-state index < -0.39 is 22.0 Å². The molecule has 11 nitrogen and oxygen atoms in total. The minimum atomic E-state index is -3.77. The Bertz CT molecular complexity index is 1590. The van der Waals surface area contributed by atoms with E-state index in [4.69, 9.17) is 4.42 Å². The van der Waals surface area contributed by atoms with Gasteiger partial charge in [0, 0.05) is 17.8 Å². The lowest BCUT2D eigenvalue weighted by atomic mass is 10.1. The maximum absolute atomic E-state index is 14.1. The van der Waals surface area contributed by atoms with Crippen molar-refractivity contribution in [2.24, 2.45) is 0 Å². The van der Waals surface area contributed by atoms with Crippen LogP contribution in [0.2, 0.25) is 0 Å². The van der Waals surface area contributed by atoms with E-state index in [1.165, 1.54) is 40.1 Å². The van der Waals surface area contributed by atoms with Crippen molar-refractivity contribution in [2.45, 2.75) is 75.5 Å². The van der Waals surface area contributed by atoms with Crippen molar-refractivity contribution in [2.75, 3.05) is 4.90 Å². The number of nitrogens with one attached hydrogen (secondary N) is 2. The number of sulfonamides is 1. The van der Waals surface area contributed by atoms with Gasteiger partial charge < -0.3 is 9.73 Å². The molecule has 5 rings (SSSR count). The van der Waals surface area contributed by atoms with Gasteiger partial charge in [0.15, 0.2) is 6.04 Å². The number of carbonyl (C=O) groups excluding carboxylic acids is 2. The van der Waals surface area contributed by atoms with E-state index in [0.717, 1.165) is 25.7 Å². The molecule has 0 spiro atoms. The van der Waals surface area contributed by atoms with E-state index in [2.05, 4.69) is 20.4 Å². The molecule has 1 saturated carbocycles. The second-order valence-corrected chi connectivity index (χ2v) is 12.0. The van der Waals surface area contributed by atoms with E-state index in [0.29, 0.717) is 23.1 Å². The van der Waals surface area contributed by atoms with Crippen LogP contribution in [0.4, 0.5) is 5.69 Å². The number of rotatable bonds is 11. The molecule has 1 aliphatic rings. The molecule has 12 heteroatoms. The van der Waals surface area contributed by atoms with Gasteiger partial charge in [0.2, 0.25) is 15.9 Å². The molecule has 0 bridgehead atoms. The summed E-state index contributed by atoms with van der Waals surface area (Å²) in [7, 11) is -3.77. The van der Waals surface area contributed by atoms with Gasteiger partial charge in [-0.25, -0.2) is 17.8 Å². The fraction of sp³-hybridized carbons (Fsp3) is 0.379. The number of para-hydroxylation sites is 1. The lowest BCUT2D eigenvalue weighted by Gasteiger charge is -2.31. The van der Waals surface area contributed by atoms with Gasteiger partial charge in [-0.15, -0.1) is 5.10 Å². The van der Waals surface area contributed by atoms with Crippen LogP contribution in [0.25, 0.3) is 11.0 Å². The summed E-state index contributed by atoms with van der Waals surface area (Å²) in [5.41, 5.74) is 1.64. The Kier molecular flexibility index (Phi) is 8.50. The third kappa shape index (κ3) is 6.33.